The van der Waals surface area contributed by atoms with Crippen LogP contribution in [-0.2, 0) is 19.0 Å². The van der Waals surface area contributed by atoms with Gasteiger partial charge < -0.3 is 15.4 Å². The Morgan fingerprint density at radius 1 is 1.23 bits per heavy atom. The van der Waals surface area contributed by atoms with Gasteiger partial charge in [-0.3, -0.25) is 4.68 Å². The molecule has 0 radical (unpaired) electrons. The zero-order chi connectivity index (χ0) is 18.3. The van der Waals surface area contributed by atoms with Gasteiger partial charge in [0.05, 0.1) is 7.11 Å². The van der Waals surface area contributed by atoms with Gasteiger partial charge in [0.25, 0.3) is 0 Å². The van der Waals surface area contributed by atoms with E-state index in [9.17, 15) is 0 Å². The zero-order valence-corrected chi connectivity index (χ0v) is 18.4. The van der Waals surface area contributed by atoms with Gasteiger partial charge in [-0.05, 0) is 24.6 Å². The number of guanidine groups is 1. The fourth-order valence-electron chi connectivity index (χ4n) is 2.40. The van der Waals surface area contributed by atoms with Crippen molar-refractivity contribution in [1.82, 2.24) is 25.4 Å². The molecule has 0 atom stereocenters. The molecule has 144 valence electrons. The summed E-state index contributed by atoms with van der Waals surface area (Å²) < 4.78 is 6.96. The Morgan fingerprint density at radius 3 is 2.46 bits per heavy atom. The van der Waals surface area contributed by atoms with Crippen LogP contribution in [0.4, 0.5) is 0 Å². The Morgan fingerprint density at radius 2 is 1.92 bits per heavy atom. The summed E-state index contributed by atoms with van der Waals surface area (Å²) in [4.78, 5) is 8.79. The van der Waals surface area contributed by atoms with Crippen LogP contribution in [-0.4, -0.2) is 40.9 Å². The summed E-state index contributed by atoms with van der Waals surface area (Å²) in [7, 11) is 3.54. The van der Waals surface area contributed by atoms with Gasteiger partial charge >= 0.3 is 0 Å². The van der Waals surface area contributed by atoms with Gasteiger partial charge in [0.15, 0.2) is 5.96 Å². The molecule has 1 aromatic carbocycles. The lowest BCUT2D eigenvalue weighted by Gasteiger charge is -2.27. The minimum Gasteiger partial charge on any atom is -0.497 e. The highest BCUT2D eigenvalue weighted by Crippen LogP contribution is 2.24. The predicted octanol–water partition coefficient (Wildman–Crippen LogP) is 2.47. The highest BCUT2D eigenvalue weighted by atomic mass is 127. The molecule has 0 amide bonds. The average molecular weight is 472 g/mol. The Bertz CT molecular complexity index is 696. The Kier molecular flexibility index (Phi) is 8.83. The van der Waals surface area contributed by atoms with E-state index in [0.29, 0.717) is 6.54 Å². The van der Waals surface area contributed by atoms with E-state index in [0.717, 1.165) is 30.6 Å². The van der Waals surface area contributed by atoms with Crippen molar-refractivity contribution < 1.29 is 4.74 Å². The minimum absolute atomic E-state index is 0. The van der Waals surface area contributed by atoms with E-state index < -0.39 is 0 Å². The van der Waals surface area contributed by atoms with Crippen molar-refractivity contribution in [3.63, 3.8) is 0 Å². The number of benzene rings is 1. The van der Waals surface area contributed by atoms with Crippen LogP contribution in [0, 0.1) is 0 Å². The van der Waals surface area contributed by atoms with Gasteiger partial charge in [-0.15, -0.1) is 24.0 Å². The van der Waals surface area contributed by atoms with Crippen molar-refractivity contribution in [1.29, 1.82) is 0 Å². The third-order valence-corrected chi connectivity index (χ3v) is 4.10. The molecule has 0 fully saturated rings. The Labute approximate surface area is 172 Å². The summed E-state index contributed by atoms with van der Waals surface area (Å²) in [5.41, 5.74) is 1.19. The monoisotopic (exact) mass is 472 g/mol. The van der Waals surface area contributed by atoms with E-state index in [1.165, 1.54) is 11.9 Å². The van der Waals surface area contributed by atoms with Crippen LogP contribution in [0.15, 0.2) is 35.6 Å². The van der Waals surface area contributed by atoms with Crippen LogP contribution in [0.3, 0.4) is 0 Å². The summed E-state index contributed by atoms with van der Waals surface area (Å²) in [6.45, 7) is 8.49. The summed E-state index contributed by atoms with van der Waals surface area (Å²) in [5, 5.41) is 10.8. The standard InChI is InChI=1S/C18H28N6O.HI/c1-6-19-17(20-11-16-22-13-23-24(16)4)21-12-18(2,3)14-7-9-15(25-5)10-8-14;/h7-10,13H,6,11-12H2,1-5H3,(H2,19,20,21);1H. The van der Waals surface area contributed by atoms with Crippen LogP contribution in [0.1, 0.15) is 32.2 Å². The first kappa shape index (κ1) is 22.2. The van der Waals surface area contributed by atoms with E-state index in [4.69, 9.17) is 4.74 Å². The van der Waals surface area contributed by atoms with Crippen LogP contribution in [0.25, 0.3) is 0 Å². The van der Waals surface area contributed by atoms with Crippen LogP contribution < -0.4 is 15.4 Å². The lowest BCUT2D eigenvalue weighted by Crippen LogP contribution is -2.43. The molecule has 2 N–H and O–H groups in total. The van der Waals surface area contributed by atoms with Crippen molar-refractivity contribution in [2.45, 2.75) is 32.7 Å². The third-order valence-electron chi connectivity index (χ3n) is 4.10. The number of ether oxygens (including phenoxy) is 1. The highest BCUT2D eigenvalue weighted by Gasteiger charge is 2.21. The number of nitrogens with zero attached hydrogens (tertiary/aromatic N) is 4. The number of aliphatic imine (C=N–C) groups is 1. The molecule has 0 saturated heterocycles. The molecular formula is C18H29IN6O. The zero-order valence-electron chi connectivity index (χ0n) is 16.1. The van der Waals surface area contributed by atoms with Crippen molar-refractivity contribution in [2.24, 2.45) is 12.0 Å². The Hall–Kier alpha value is -1.84. The van der Waals surface area contributed by atoms with Gasteiger partial charge in [0, 0.05) is 25.6 Å². The number of hydrogen-bond acceptors (Lipinski definition) is 4. The lowest BCUT2D eigenvalue weighted by atomic mass is 9.84. The van der Waals surface area contributed by atoms with Crippen molar-refractivity contribution in [3.8, 4) is 5.75 Å². The number of nitrogens with one attached hydrogen (secondary N) is 2. The average Bonchev–Trinajstić information content (AvgIpc) is 3.02. The molecule has 0 aliphatic carbocycles. The molecule has 7 nitrogen and oxygen atoms in total. The highest BCUT2D eigenvalue weighted by molar-refractivity contribution is 14.0. The van der Waals surface area contributed by atoms with Gasteiger partial charge in [0.1, 0.15) is 24.4 Å². The molecule has 1 heterocycles. The second-order valence-electron chi connectivity index (χ2n) is 6.46. The second-order valence-corrected chi connectivity index (χ2v) is 6.46. The number of hydrogen-bond donors (Lipinski definition) is 2. The fourth-order valence-corrected chi connectivity index (χ4v) is 2.40. The van der Waals surface area contributed by atoms with E-state index >= 15 is 0 Å². The summed E-state index contributed by atoms with van der Waals surface area (Å²) in [6.07, 6.45) is 1.54. The molecule has 0 aliphatic rings. The summed E-state index contributed by atoms with van der Waals surface area (Å²) >= 11 is 0. The molecule has 1 aromatic heterocycles. The molecule has 0 unspecified atom stereocenters. The molecule has 0 bridgehead atoms. The number of rotatable bonds is 7. The Balaban J connectivity index is 0.00000338. The quantitative estimate of drug-likeness (QED) is 0.368. The van der Waals surface area contributed by atoms with Crippen LogP contribution in [0.2, 0.25) is 0 Å². The first-order valence-corrected chi connectivity index (χ1v) is 8.46. The maximum atomic E-state index is 5.23. The first-order chi connectivity index (χ1) is 12.0. The van der Waals surface area contributed by atoms with E-state index in [1.807, 2.05) is 26.1 Å². The SMILES string of the molecule is CCNC(=NCc1ncnn1C)NCC(C)(C)c1ccc(OC)cc1.I. The number of aromatic nitrogens is 3. The van der Waals surface area contributed by atoms with E-state index in [1.54, 1.807) is 11.8 Å². The normalized spacial score (nSPS) is 11.7. The summed E-state index contributed by atoms with van der Waals surface area (Å²) in [5.74, 6) is 2.46. The molecule has 26 heavy (non-hydrogen) atoms. The van der Waals surface area contributed by atoms with Crippen molar-refractivity contribution >= 4 is 29.9 Å². The molecule has 8 heteroatoms. The first-order valence-electron chi connectivity index (χ1n) is 8.46. The van der Waals surface area contributed by atoms with Crippen molar-refractivity contribution in [3.05, 3.63) is 42.0 Å². The van der Waals surface area contributed by atoms with Gasteiger partial charge in [-0.25, -0.2) is 9.98 Å². The maximum absolute atomic E-state index is 5.23. The maximum Gasteiger partial charge on any atom is 0.191 e. The summed E-state index contributed by atoms with van der Waals surface area (Å²) in [6, 6.07) is 8.18. The topological polar surface area (TPSA) is 76.4 Å². The second kappa shape index (κ2) is 10.3. The van der Waals surface area contributed by atoms with E-state index in [2.05, 4.69) is 51.7 Å². The fraction of sp³-hybridized carbons (Fsp3) is 0.500. The van der Waals surface area contributed by atoms with Gasteiger partial charge in [-0.2, -0.15) is 5.10 Å². The molecule has 0 spiro atoms. The molecule has 0 saturated carbocycles. The largest absolute Gasteiger partial charge is 0.497 e. The number of aryl methyl sites for hydroxylation is 1. The van der Waals surface area contributed by atoms with Gasteiger partial charge in [-0.1, -0.05) is 26.0 Å². The molecule has 2 aromatic rings. The van der Waals surface area contributed by atoms with Gasteiger partial charge in [0.2, 0.25) is 0 Å². The molecule has 0 aliphatic heterocycles. The lowest BCUT2D eigenvalue weighted by molar-refractivity contribution is 0.414. The smallest absolute Gasteiger partial charge is 0.191 e. The van der Waals surface area contributed by atoms with E-state index in [-0.39, 0.29) is 29.4 Å². The van der Waals surface area contributed by atoms with Crippen LogP contribution >= 0.6 is 24.0 Å². The van der Waals surface area contributed by atoms with Crippen LogP contribution in [0.5, 0.6) is 5.75 Å². The third kappa shape index (κ3) is 6.15. The minimum atomic E-state index is -0.0484. The number of methoxy groups -OCH3 is 1. The molecule has 2 rings (SSSR count). The number of halogens is 1. The van der Waals surface area contributed by atoms with Crippen molar-refractivity contribution in [2.75, 3.05) is 20.2 Å². The predicted molar refractivity (Wildman–Crippen MR) is 115 cm³/mol. The molecular weight excluding hydrogens is 443 g/mol.